The van der Waals surface area contributed by atoms with E-state index in [2.05, 4.69) is 15.9 Å². The maximum atomic E-state index is 13.1. The number of carbonyl (C=O) groups excluding carboxylic acids is 1. The largest absolute Gasteiger partial charge is 0.335 e. The maximum absolute atomic E-state index is 13.1. The summed E-state index contributed by atoms with van der Waals surface area (Å²) in [5, 5.41) is 0. The molecule has 0 aliphatic carbocycles. The van der Waals surface area contributed by atoms with Crippen LogP contribution in [0.3, 0.4) is 0 Å². The van der Waals surface area contributed by atoms with Gasteiger partial charge < -0.3 is 4.90 Å². The molecule has 4 nitrogen and oxygen atoms in total. The van der Waals surface area contributed by atoms with Gasteiger partial charge in [0.15, 0.2) is 9.84 Å². The van der Waals surface area contributed by atoms with E-state index in [1.807, 2.05) is 0 Å². The third-order valence-electron chi connectivity index (χ3n) is 3.41. The fraction of sp³-hybridized carbons (Fsp3) is 0.462. The molecule has 1 saturated heterocycles. The lowest BCUT2D eigenvalue weighted by Gasteiger charge is -2.27. The first-order valence-corrected chi connectivity index (χ1v) is 8.92. The predicted octanol–water partition coefficient (Wildman–Crippen LogP) is 2.24. The second-order valence-electron chi connectivity index (χ2n) is 4.77. The van der Waals surface area contributed by atoms with Crippen molar-refractivity contribution in [2.45, 2.75) is 19.4 Å². The Labute approximate surface area is 126 Å². The van der Waals surface area contributed by atoms with Gasteiger partial charge in [0.2, 0.25) is 0 Å². The molecule has 7 heteroatoms. The van der Waals surface area contributed by atoms with Gasteiger partial charge >= 0.3 is 0 Å². The summed E-state index contributed by atoms with van der Waals surface area (Å²) in [6.45, 7) is 2.23. The van der Waals surface area contributed by atoms with Gasteiger partial charge in [-0.15, -0.1) is 0 Å². The minimum absolute atomic E-state index is 0.00535. The molecule has 0 aromatic heterocycles. The van der Waals surface area contributed by atoms with Crippen molar-refractivity contribution in [1.82, 2.24) is 4.90 Å². The summed E-state index contributed by atoms with van der Waals surface area (Å²) in [4.78, 5) is 14.0. The van der Waals surface area contributed by atoms with Gasteiger partial charge in [0, 0.05) is 17.1 Å². The highest BCUT2D eigenvalue weighted by Gasteiger charge is 2.34. The van der Waals surface area contributed by atoms with Crippen molar-refractivity contribution in [3.8, 4) is 0 Å². The normalized spacial score (nSPS) is 20.9. The number of rotatable bonds is 3. The lowest BCUT2D eigenvalue weighted by atomic mass is 10.1. The van der Waals surface area contributed by atoms with Crippen LogP contribution in [-0.2, 0) is 9.84 Å². The van der Waals surface area contributed by atoms with Crippen molar-refractivity contribution < 1.29 is 17.6 Å². The molecule has 1 aliphatic rings. The Kier molecular flexibility index (Phi) is 4.49. The van der Waals surface area contributed by atoms with Crippen LogP contribution in [0.4, 0.5) is 4.39 Å². The molecular formula is C13H15BrFNO3S. The standard InChI is InChI=1S/C13H15BrFNO3S/c1-2-16(10-5-6-20(18,19)8-10)13(17)11-4-3-9(15)7-12(11)14/h3-4,7,10H,2,5-6,8H2,1H3. The molecule has 1 aromatic rings. The molecule has 1 unspecified atom stereocenters. The fourth-order valence-electron chi connectivity index (χ4n) is 2.41. The van der Waals surface area contributed by atoms with Gasteiger partial charge in [0.25, 0.3) is 5.91 Å². The smallest absolute Gasteiger partial charge is 0.255 e. The molecule has 0 saturated carbocycles. The quantitative estimate of drug-likeness (QED) is 0.827. The molecule has 0 N–H and O–H groups in total. The van der Waals surface area contributed by atoms with E-state index >= 15 is 0 Å². The van der Waals surface area contributed by atoms with Crippen molar-refractivity contribution in [2.24, 2.45) is 0 Å². The van der Waals surface area contributed by atoms with E-state index < -0.39 is 15.7 Å². The zero-order valence-corrected chi connectivity index (χ0v) is 13.4. The summed E-state index contributed by atoms with van der Waals surface area (Å²) < 4.78 is 36.5. The van der Waals surface area contributed by atoms with E-state index in [0.717, 1.165) is 0 Å². The van der Waals surface area contributed by atoms with Gasteiger partial charge in [-0.05, 0) is 47.5 Å². The van der Waals surface area contributed by atoms with Crippen LogP contribution in [0.1, 0.15) is 23.7 Å². The molecule has 0 spiro atoms. The van der Waals surface area contributed by atoms with Crippen LogP contribution in [-0.4, -0.2) is 43.3 Å². The van der Waals surface area contributed by atoms with E-state index in [1.165, 1.54) is 18.2 Å². The molecule has 1 atom stereocenters. The molecule has 1 aromatic carbocycles. The monoisotopic (exact) mass is 363 g/mol. The molecule has 0 radical (unpaired) electrons. The SMILES string of the molecule is CCN(C(=O)c1ccc(F)cc1Br)C1CCS(=O)(=O)C1. The third-order valence-corrected chi connectivity index (χ3v) is 5.82. The average molecular weight is 364 g/mol. The molecule has 2 rings (SSSR count). The second kappa shape index (κ2) is 5.81. The average Bonchev–Trinajstić information content (AvgIpc) is 2.70. The van der Waals surface area contributed by atoms with E-state index in [4.69, 9.17) is 0 Å². The number of amides is 1. The van der Waals surface area contributed by atoms with Gasteiger partial charge in [-0.2, -0.15) is 0 Å². The fourth-order valence-corrected chi connectivity index (χ4v) is 4.66. The number of hydrogen-bond acceptors (Lipinski definition) is 3. The summed E-state index contributed by atoms with van der Waals surface area (Å²) in [7, 11) is -3.05. The van der Waals surface area contributed by atoms with Crippen molar-refractivity contribution in [1.29, 1.82) is 0 Å². The van der Waals surface area contributed by atoms with Crippen LogP contribution >= 0.6 is 15.9 Å². The zero-order chi connectivity index (χ0) is 14.9. The molecule has 1 fully saturated rings. The van der Waals surface area contributed by atoms with Crippen LogP contribution < -0.4 is 0 Å². The Morgan fingerprint density at radius 1 is 1.50 bits per heavy atom. The summed E-state index contributed by atoms with van der Waals surface area (Å²) in [5.41, 5.74) is 0.345. The second-order valence-corrected chi connectivity index (χ2v) is 7.86. The third kappa shape index (κ3) is 3.20. The van der Waals surface area contributed by atoms with Crippen LogP contribution in [0.15, 0.2) is 22.7 Å². The Bertz CT molecular complexity index is 633. The van der Waals surface area contributed by atoms with Gasteiger partial charge in [0.1, 0.15) is 5.82 Å². The number of nitrogens with zero attached hydrogens (tertiary/aromatic N) is 1. The zero-order valence-electron chi connectivity index (χ0n) is 11.0. The first-order valence-electron chi connectivity index (χ1n) is 6.30. The van der Waals surface area contributed by atoms with Crippen molar-refractivity contribution in [3.05, 3.63) is 34.1 Å². The molecule has 1 heterocycles. The van der Waals surface area contributed by atoms with Crippen LogP contribution in [0.25, 0.3) is 0 Å². The Morgan fingerprint density at radius 3 is 2.70 bits per heavy atom. The van der Waals surface area contributed by atoms with Gasteiger partial charge in [-0.1, -0.05) is 0 Å². The highest BCUT2D eigenvalue weighted by Crippen LogP contribution is 2.24. The summed E-state index contributed by atoms with van der Waals surface area (Å²) >= 11 is 3.17. The van der Waals surface area contributed by atoms with Gasteiger partial charge in [-0.3, -0.25) is 4.79 Å². The van der Waals surface area contributed by atoms with Crippen LogP contribution in [0, 0.1) is 5.82 Å². The first kappa shape index (κ1) is 15.4. The number of sulfone groups is 1. The van der Waals surface area contributed by atoms with Gasteiger partial charge in [0.05, 0.1) is 17.1 Å². The summed E-state index contributed by atoms with van der Waals surface area (Å²) in [5.74, 6) is -0.585. The molecule has 1 aliphatic heterocycles. The summed E-state index contributed by atoms with van der Waals surface area (Å²) in [6, 6.07) is 3.56. The summed E-state index contributed by atoms with van der Waals surface area (Å²) in [6.07, 6.45) is 0.459. The highest BCUT2D eigenvalue weighted by molar-refractivity contribution is 9.10. The number of halogens is 2. The van der Waals surface area contributed by atoms with E-state index in [0.29, 0.717) is 23.0 Å². The minimum Gasteiger partial charge on any atom is -0.335 e. The van der Waals surface area contributed by atoms with Gasteiger partial charge in [-0.25, -0.2) is 12.8 Å². The highest BCUT2D eigenvalue weighted by atomic mass is 79.9. The number of benzene rings is 1. The Morgan fingerprint density at radius 2 is 2.20 bits per heavy atom. The lowest BCUT2D eigenvalue weighted by Crippen LogP contribution is -2.41. The van der Waals surface area contributed by atoms with Crippen molar-refractivity contribution >= 4 is 31.7 Å². The van der Waals surface area contributed by atoms with Crippen molar-refractivity contribution in [3.63, 3.8) is 0 Å². The minimum atomic E-state index is -3.05. The van der Waals surface area contributed by atoms with Crippen LogP contribution in [0.5, 0.6) is 0 Å². The van der Waals surface area contributed by atoms with E-state index in [9.17, 15) is 17.6 Å². The molecule has 20 heavy (non-hydrogen) atoms. The molecule has 1 amide bonds. The number of carbonyl (C=O) groups is 1. The predicted molar refractivity (Wildman–Crippen MR) is 77.9 cm³/mol. The Balaban J connectivity index is 2.26. The number of hydrogen-bond donors (Lipinski definition) is 0. The van der Waals surface area contributed by atoms with E-state index in [-0.39, 0.29) is 23.5 Å². The Hall–Kier alpha value is -0.950. The molecular weight excluding hydrogens is 349 g/mol. The van der Waals surface area contributed by atoms with E-state index in [1.54, 1.807) is 11.8 Å². The topological polar surface area (TPSA) is 54.5 Å². The first-order chi connectivity index (χ1) is 9.34. The van der Waals surface area contributed by atoms with Crippen LogP contribution in [0.2, 0.25) is 0 Å². The lowest BCUT2D eigenvalue weighted by molar-refractivity contribution is 0.0707. The van der Waals surface area contributed by atoms with Crippen molar-refractivity contribution in [2.75, 3.05) is 18.1 Å². The molecule has 110 valence electrons. The maximum Gasteiger partial charge on any atom is 0.255 e. The molecule has 0 bridgehead atoms.